The van der Waals surface area contributed by atoms with E-state index in [0.29, 0.717) is 5.03 Å². The van der Waals surface area contributed by atoms with Crippen molar-refractivity contribution in [1.29, 1.82) is 0 Å². The van der Waals surface area contributed by atoms with Crippen LogP contribution in [0.3, 0.4) is 0 Å². The van der Waals surface area contributed by atoms with Crippen molar-refractivity contribution >= 4 is 57.1 Å². The number of nitro groups is 1. The van der Waals surface area contributed by atoms with Crippen molar-refractivity contribution in [3.8, 4) is 0 Å². The molecule has 0 aliphatic heterocycles. The predicted octanol–water partition coefficient (Wildman–Crippen LogP) is 5.97. The monoisotopic (exact) mass is 402 g/mol. The molecular formula is C22H15ClN4O2. The number of hydrogen-bond donors (Lipinski definition) is 1. The van der Waals surface area contributed by atoms with E-state index in [1.165, 1.54) is 18.3 Å². The quantitative estimate of drug-likeness (QED) is 0.193. The summed E-state index contributed by atoms with van der Waals surface area (Å²) in [5.74, 6) is 0. The summed E-state index contributed by atoms with van der Waals surface area (Å²) >= 11 is 6.25. The molecule has 6 nitrogen and oxygen atoms in total. The van der Waals surface area contributed by atoms with E-state index in [1.54, 1.807) is 18.2 Å². The molecule has 4 rings (SSSR count). The first kappa shape index (κ1) is 18.6. The highest BCUT2D eigenvalue weighted by Gasteiger charge is 2.07. The number of allylic oxidation sites excluding steroid dienone is 1. The van der Waals surface area contributed by atoms with Crippen molar-refractivity contribution < 1.29 is 4.92 Å². The van der Waals surface area contributed by atoms with Gasteiger partial charge in [0.25, 0.3) is 5.69 Å². The average Bonchev–Trinajstić information content (AvgIpc) is 2.73. The number of rotatable bonds is 5. The third kappa shape index (κ3) is 4.07. The second-order valence-corrected chi connectivity index (χ2v) is 6.71. The summed E-state index contributed by atoms with van der Waals surface area (Å²) in [6, 6.07) is 21.8. The number of pyridine rings is 1. The zero-order chi connectivity index (χ0) is 20.2. The number of halogens is 1. The van der Waals surface area contributed by atoms with Crippen LogP contribution in [0.2, 0.25) is 0 Å². The predicted molar refractivity (Wildman–Crippen MR) is 118 cm³/mol. The van der Waals surface area contributed by atoms with Crippen LogP contribution in [0.4, 0.5) is 11.4 Å². The molecule has 7 heteroatoms. The number of nitrogens with zero attached hydrogens (tertiary/aromatic N) is 3. The number of non-ortho nitro benzene ring substituents is 1. The molecule has 0 unspecified atom stereocenters. The first-order chi connectivity index (χ1) is 14.1. The molecule has 4 aromatic rings. The Labute approximate surface area is 171 Å². The number of anilines is 1. The van der Waals surface area contributed by atoms with Crippen LogP contribution < -0.4 is 5.43 Å². The van der Waals surface area contributed by atoms with Crippen molar-refractivity contribution in [1.82, 2.24) is 4.98 Å². The smallest absolute Gasteiger partial charge is 0.269 e. The number of hydrogen-bond acceptors (Lipinski definition) is 5. The summed E-state index contributed by atoms with van der Waals surface area (Å²) in [5.41, 5.74) is 6.45. The van der Waals surface area contributed by atoms with Gasteiger partial charge in [-0.3, -0.25) is 15.5 Å². The third-order valence-electron chi connectivity index (χ3n) is 4.36. The topological polar surface area (TPSA) is 80.4 Å². The fourth-order valence-corrected chi connectivity index (χ4v) is 3.18. The van der Waals surface area contributed by atoms with Gasteiger partial charge < -0.3 is 0 Å². The van der Waals surface area contributed by atoms with Crippen molar-refractivity contribution in [2.24, 2.45) is 5.10 Å². The average molecular weight is 403 g/mol. The Bertz CT molecular complexity index is 1210. The Morgan fingerprint density at radius 1 is 0.966 bits per heavy atom. The number of para-hydroxylation sites is 2. The van der Waals surface area contributed by atoms with Crippen LogP contribution in [0.5, 0.6) is 0 Å². The fraction of sp³-hybridized carbons (Fsp3) is 0. The van der Waals surface area contributed by atoms with E-state index in [9.17, 15) is 10.1 Å². The van der Waals surface area contributed by atoms with Crippen molar-refractivity contribution in [2.45, 2.75) is 0 Å². The lowest BCUT2D eigenvalue weighted by Gasteiger charge is -2.09. The van der Waals surface area contributed by atoms with Gasteiger partial charge in [0.1, 0.15) is 0 Å². The molecule has 0 aliphatic rings. The molecule has 0 amide bonds. The van der Waals surface area contributed by atoms with Gasteiger partial charge in [-0.15, -0.1) is 0 Å². The van der Waals surface area contributed by atoms with Crippen LogP contribution in [0.15, 0.2) is 82.9 Å². The summed E-state index contributed by atoms with van der Waals surface area (Å²) in [6.07, 6.45) is 3.17. The zero-order valence-electron chi connectivity index (χ0n) is 15.1. The molecule has 0 radical (unpaired) electrons. The van der Waals surface area contributed by atoms with Gasteiger partial charge in [0.05, 0.1) is 32.9 Å². The molecule has 0 saturated carbocycles. The molecule has 29 heavy (non-hydrogen) atoms. The van der Waals surface area contributed by atoms with E-state index in [-0.39, 0.29) is 5.69 Å². The van der Waals surface area contributed by atoms with Crippen LogP contribution in [0, 0.1) is 10.1 Å². The molecular weight excluding hydrogens is 388 g/mol. The molecule has 0 saturated heterocycles. The standard InChI is InChI=1S/C22H15ClN4O2/c23-16(13-15-9-11-17(12-10-15)27(28)29)14-24-26-22-18-5-1-3-7-20(18)25-21-8-4-2-6-19(21)22/h1-14H,(H,25,26)/b16-13+,24-14+. The van der Waals surface area contributed by atoms with Gasteiger partial charge >= 0.3 is 0 Å². The van der Waals surface area contributed by atoms with Crippen molar-refractivity contribution in [2.75, 3.05) is 5.43 Å². The van der Waals surface area contributed by atoms with Crippen LogP contribution in [-0.4, -0.2) is 16.1 Å². The van der Waals surface area contributed by atoms with E-state index in [0.717, 1.165) is 33.1 Å². The molecule has 0 bridgehead atoms. The molecule has 0 atom stereocenters. The van der Waals surface area contributed by atoms with E-state index in [1.807, 2.05) is 48.5 Å². The number of fused-ring (bicyclic) bond motifs is 2. The third-order valence-corrected chi connectivity index (χ3v) is 4.57. The highest BCUT2D eigenvalue weighted by molar-refractivity contribution is 6.41. The maximum Gasteiger partial charge on any atom is 0.269 e. The fourth-order valence-electron chi connectivity index (χ4n) is 3.01. The van der Waals surface area contributed by atoms with Gasteiger partial charge in [0.2, 0.25) is 0 Å². The largest absolute Gasteiger partial charge is 0.277 e. The number of aromatic nitrogens is 1. The molecule has 1 N–H and O–H groups in total. The first-order valence-electron chi connectivity index (χ1n) is 8.80. The van der Waals surface area contributed by atoms with Crippen molar-refractivity contribution in [3.63, 3.8) is 0 Å². The van der Waals surface area contributed by atoms with Crippen LogP contribution >= 0.6 is 11.6 Å². The Balaban J connectivity index is 1.61. The minimum Gasteiger partial charge on any atom is -0.277 e. The molecule has 3 aromatic carbocycles. The lowest BCUT2D eigenvalue weighted by molar-refractivity contribution is -0.384. The maximum atomic E-state index is 10.7. The maximum absolute atomic E-state index is 10.7. The highest BCUT2D eigenvalue weighted by Crippen LogP contribution is 2.30. The van der Waals surface area contributed by atoms with Crippen LogP contribution in [0.1, 0.15) is 5.56 Å². The number of nitro benzene ring substituents is 1. The second kappa shape index (κ2) is 8.08. The summed E-state index contributed by atoms with van der Waals surface area (Å²) in [6.45, 7) is 0. The normalized spacial score (nSPS) is 12.0. The Hall–Kier alpha value is -3.77. The van der Waals surface area contributed by atoms with E-state index < -0.39 is 4.92 Å². The summed E-state index contributed by atoms with van der Waals surface area (Å²) in [4.78, 5) is 15.0. The van der Waals surface area contributed by atoms with Gasteiger partial charge in [-0.1, -0.05) is 48.0 Å². The van der Waals surface area contributed by atoms with E-state index in [2.05, 4.69) is 15.5 Å². The molecule has 0 spiro atoms. The van der Waals surface area contributed by atoms with Crippen LogP contribution in [-0.2, 0) is 0 Å². The Morgan fingerprint density at radius 2 is 1.55 bits per heavy atom. The lowest BCUT2D eigenvalue weighted by atomic mass is 10.1. The highest BCUT2D eigenvalue weighted by atomic mass is 35.5. The zero-order valence-corrected chi connectivity index (χ0v) is 15.9. The summed E-state index contributed by atoms with van der Waals surface area (Å²) < 4.78 is 0. The van der Waals surface area contributed by atoms with Gasteiger partial charge in [-0.05, 0) is 35.9 Å². The van der Waals surface area contributed by atoms with Gasteiger partial charge in [-0.2, -0.15) is 5.10 Å². The van der Waals surface area contributed by atoms with Gasteiger partial charge in [-0.25, -0.2) is 4.98 Å². The summed E-state index contributed by atoms with van der Waals surface area (Å²) in [7, 11) is 0. The second-order valence-electron chi connectivity index (χ2n) is 6.27. The molecule has 142 valence electrons. The molecule has 0 fully saturated rings. The number of hydrazone groups is 1. The molecule has 1 heterocycles. The summed E-state index contributed by atoms with van der Waals surface area (Å²) in [5, 5.41) is 17.3. The lowest BCUT2D eigenvalue weighted by Crippen LogP contribution is -1.94. The number of benzene rings is 3. The number of nitrogens with one attached hydrogen (secondary N) is 1. The SMILES string of the molecule is O=[N+]([O-])c1ccc(/C=C(Cl)\C=N\Nc2c3ccccc3nc3ccccc23)cc1. The Kier molecular flexibility index (Phi) is 5.18. The molecule has 0 aliphatic carbocycles. The van der Waals surface area contributed by atoms with Crippen LogP contribution in [0.25, 0.3) is 27.9 Å². The molecule has 1 aromatic heterocycles. The van der Waals surface area contributed by atoms with E-state index >= 15 is 0 Å². The minimum atomic E-state index is -0.441. The van der Waals surface area contributed by atoms with Crippen molar-refractivity contribution in [3.05, 3.63) is 93.5 Å². The van der Waals surface area contributed by atoms with Gasteiger partial charge in [0.15, 0.2) is 0 Å². The van der Waals surface area contributed by atoms with E-state index in [4.69, 9.17) is 11.6 Å². The van der Waals surface area contributed by atoms with Gasteiger partial charge in [0, 0.05) is 22.9 Å². The minimum absolute atomic E-state index is 0.0325. The first-order valence-corrected chi connectivity index (χ1v) is 9.18. The Morgan fingerprint density at radius 3 is 2.14 bits per heavy atom.